The number of para-hydroxylation sites is 1. The maximum Gasteiger partial charge on any atom is 0.227 e. The van der Waals surface area contributed by atoms with Gasteiger partial charge in [0.1, 0.15) is 5.52 Å². The summed E-state index contributed by atoms with van der Waals surface area (Å²) in [5, 5.41) is 0.651. The number of nitrogen functional groups attached to an aromatic ring is 1. The lowest BCUT2D eigenvalue weighted by atomic mass is 10.2. The normalized spacial score (nSPS) is 10.9. The molecule has 0 unspecified atom stereocenters. The van der Waals surface area contributed by atoms with Gasteiger partial charge in [-0.15, -0.1) is 0 Å². The second-order valence-corrected chi connectivity index (χ2v) is 4.16. The molecular weight excluding hydrogens is 236 g/mol. The van der Waals surface area contributed by atoms with Gasteiger partial charge in [-0.3, -0.25) is 0 Å². The zero-order valence-corrected chi connectivity index (χ0v) is 9.61. The van der Waals surface area contributed by atoms with Crippen LogP contribution in [-0.2, 0) is 0 Å². The van der Waals surface area contributed by atoms with Crippen LogP contribution in [0.4, 0.5) is 5.69 Å². The predicted molar refractivity (Wildman–Crippen MR) is 68.9 cm³/mol. The van der Waals surface area contributed by atoms with E-state index in [1.165, 1.54) is 0 Å². The molecule has 84 valence electrons. The Kier molecular flexibility index (Phi) is 2.27. The summed E-state index contributed by atoms with van der Waals surface area (Å²) in [7, 11) is 0. The van der Waals surface area contributed by atoms with Crippen LogP contribution < -0.4 is 5.73 Å². The van der Waals surface area contributed by atoms with Crippen molar-refractivity contribution >= 4 is 28.4 Å². The fraction of sp³-hybridized carbons (Fsp3) is 0. The summed E-state index contributed by atoms with van der Waals surface area (Å²) in [4.78, 5) is 4.38. The number of benzene rings is 2. The van der Waals surface area contributed by atoms with Gasteiger partial charge in [0.05, 0.1) is 5.69 Å². The first-order valence-corrected chi connectivity index (χ1v) is 5.53. The molecule has 0 saturated heterocycles. The van der Waals surface area contributed by atoms with E-state index in [-0.39, 0.29) is 0 Å². The van der Waals surface area contributed by atoms with E-state index in [9.17, 15) is 0 Å². The van der Waals surface area contributed by atoms with Crippen LogP contribution in [0.2, 0.25) is 5.02 Å². The van der Waals surface area contributed by atoms with Gasteiger partial charge in [0.15, 0.2) is 5.58 Å². The number of anilines is 1. The number of rotatable bonds is 1. The fourth-order valence-electron chi connectivity index (χ4n) is 1.72. The van der Waals surface area contributed by atoms with Crippen molar-refractivity contribution < 1.29 is 4.42 Å². The molecule has 0 bridgehead atoms. The van der Waals surface area contributed by atoms with Crippen LogP contribution in [0.1, 0.15) is 0 Å². The lowest BCUT2D eigenvalue weighted by Gasteiger charge is -1.95. The molecule has 1 aromatic heterocycles. The van der Waals surface area contributed by atoms with Gasteiger partial charge < -0.3 is 10.2 Å². The first-order chi connectivity index (χ1) is 8.24. The summed E-state index contributed by atoms with van der Waals surface area (Å²) in [5.74, 6) is 0.528. The van der Waals surface area contributed by atoms with Gasteiger partial charge >= 0.3 is 0 Å². The summed E-state index contributed by atoms with van der Waals surface area (Å²) in [6.07, 6.45) is 0. The van der Waals surface area contributed by atoms with Crippen molar-refractivity contribution in [3.05, 3.63) is 47.5 Å². The topological polar surface area (TPSA) is 52.0 Å². The highest BCUT2D eigenvalue weighted by Gasteiger charge is 2.09. The third-order valence-electron chi connectivity index (χ3n) is 2.52. The number of hydrogen-bond donors (Lipinski definition) is 1. The molecule has 0 spiro atoms. The van der Waals surface area contributed by atoms with Gasteiger partial charge in [0, 0.05) is 10.6 Å². The molecule has 3 nitrogen and oxygen atoms in total. The van der Waals surface area contributed by atoms with E-state index >= 15 is 0 Å². The molecule has 2 N–H and O–H groups in total. The Balaban J connectivity index is 2.22. The van der Waals surface area contributed by atoms with Gasteiger partial charge in [0.2, 0.25) is 5.89 Å². The van der Waals surface area contributed by atoms with E-state index in [1.807, 2.05) is 36.4 Å². The van der Waals surface area contributed by atoms with Crippen LogP contribution in [0, 0.1) is 0 Å². The number of halogens is 1. The molecule has 1 heterocycles. The van der Waals surface area contributed by atoms with Crippen molar-refractivity contribution in [1.29, 1.82) is 0 Å². The smallest absolute Gasteiger partial charge is 0.227 e. The van der Waals surface area contributed by atoms with E-state index in [2.05, 4.69) is 4.98 Å². The maximum absolute atomic E-state index is 5.93. The molecule has 0 aliphatic heterocycles. The van der Waals surface area contributed by atoms with E-state index in [1.54, 1.807) is 6.07 Å². The number of oxazole rings is 1. The second kappa shape index (κ2) is 3.79. The Morgan fingerprint density at radius 1 is 1.12 bits per heavy atom. The molecular formula is C13H9ClN2O. The summed E-state index contributed by atoms with van der Waals surface area (Å²) in [6, 6.07) is 12.9. The van der Waals surface area contributed by atoms with Crippen LogP contribution in [0.3, 0.4) is 0 Å². The van der Waals surface area contributed by atoms with Gasteiger partial charge in [-0.05, 0) is 30.3 Å². The Labute approximate surface area is 103 Å². The highest BCUT2D eigenvalue weighted by atomic mass is 35.5. The van der Waals surface area contributed by atoms with Crippen LogP contribution in [0.25, 0.3) is 22.6 Å². The molecule has 0 fully saturated rings. The predicted octanol–water partition coefficient (Wildman–Crippen LogP) is 3.73. The molecule has 3 aromatic rings. The van der Waals surface area contributed by atoms with E-state index in [0.29, 0.717) is 22.2 Å². The van der Waals surface area contributed by atoms with E-state index in [0.717, 1.165) is 11.1 Å². The molecule has 0 aliphatic carbocycles. The summed E-state index contributed by atoms with van der Waals surface area (Å²) in [5.41, 5.74) is 8.61. The van der Waals surface area contributed by atoms with Crippen molar-refractivity contribution in [2.24, 2.45) is 0 Å². The monoisotopic (exact) mass is 244 g/mol. The maximum atomic E-state index is 5.93. The average molecular weight is 245 g/mol. The zero-order valence-electron chi connectivity index (χ0n) is 8.85. The second-order valence-electron chi connectivity index (χ2n) is 3.72. The number of nitrogens with two attached hydrogens (primary N) is 1. The van der Waals surface area contributed by atoms with Crippen LogP contribution in [-0.4, -0.2) is 4.98 Å². The summed E-state index contributed by atoms with van der Waals surface area (Å²) in [6.45, 7) is 0. The lowest BCUT2D eigenvalue weighted by Crippen LogP contribution is -1.82. The van der Waals surface area contributed by atoms with E-state index in [4.69, 9.17) is 21.8 Å². The highest BCUT2D eigenvalue weighted by molar-refractivity contribution is 6.30. The van der Waals surface area contributed by atoms with Crippen LogP contribution >= 0.6 is 11.6 Å². The Bertz CT molecular complexity index is 691. The molecule has 3 rings (SSSR count). The first kappa shape index (κ1) is 10.2. The van der Waals surface area contributed by atoms with Crippen molar-refractivity contribution in [1.82, 2.24) is 4.98 Å². The molecule has 0 amide bonds. The minimum Gasteiger partial charge on any atom is -0.434 e. The van der Waals surface area contributed by atoms with Crippen LogP contribution in [0.5, 0.6) is 0 Å². The highest BCUT2D eigenvalue weighted by Crippen LogP contribution is 2.28. The quantitative estimate of drug-likeness (QED) is 0.664. The van der Waals surface area contributed by atoms with Crippen molar-refractivity contribution in [3.8, 4) is 11.5 Å². The van der Waals surface area contributed by atoms with Crippen LogP contribution in [0.15, 0.2) is 46.9 Å². The number of aromatic nitrogens is 1. The fourth-order valence-corrected chi connectivity index (χ4v) is 1.91. The zero-order chi connectivity index (χ0) is 11.8. The number of fused-ring (bicyclic) bond motifs is 1. The molecule has 0 aliphatic rings. The van der Waals surface area contributed by atoms with Crippen molar-refractivity contribution in [3.63, 3.8) is 0 Å². The Morgan fingerprint density at radius 3 is 2.71 bits per heavy atom. The Morgan fingerprint density at radius 2 is 1.94 bits per heavy atom. The van der Waals surface area contributed by atoms with Crippen molar-refractivity contribution in [2.75, 3.05) is 5.73 Å². The summed E-state index contributed by atoms with van der Waals surface area (Å²) >= 11 is 5.93. The third kappa shape index (κ3) is 1.74. The van der Waals surface area contributed by atoms with Gasteiger partial charge in [-0.25, -0.2) is 4.98 Å². The molecule has 0 radical (unpaired) electrons. The average Bonchev–Trinajstić information content (AvgIpc) is 2.74. The van der Waals surface area contributed by atoms with Gasteiger partial charge in [0.25, 0.3) is 0 Å². The molecule has 4 heteroatoms. The van der Waals surface area contributed by atoms with E-state index < -0.39 is 0 Å². The third-order valence-corrected chi connectivity index (χ3v) is 2.75. The standard InChI is InChI=1S/C13H9ClN2O/c14-9-4-1-3-8(7-9)13-16-11-6-2-5-10(15)12(11)17-13/h1-7H,15H2. The van der Waals surface area contributed by atoms with Gasteiger partial charge in [-0.1, -0.05) is 23.7 Å². The number of nitrogens with zero attached hydrogens (tertiary/aromatic N) is 1. The SMILES string of the molecule is Nc1cccc2nc(-c3cccc(Cl)c3)oc12. The van der Waals surface area contributed by atoms with Gasteiger partial charge in [-0.2, -0.15) is 0 Å². The summed E-state index contributed by atoms with van der Waals surface area (Å²) < 4.78 is 5.65. The number of hydrogen-bond acceptors (Lipinski definition) is 3. The minimum absolute atomic E-state index is 0.528. The molecule has 17 heavy (non-hydrogen) atoms. The van der Waals surface area contributed by atoms with Crippen molar-refractivity contribution in [2.45, 2.75) is 0 Å². The molecule has 0 atom stereocenters. The first-order valence-electron chi connectivity index (χ1n) is 5.15. The molecule has 2 aromatic carbocycles. The Hall–Kier alpha value is -2.00. The largest absolute Gasteiger partial charge is 0.434 e. The minimum atomic E-state index is 0.528. The lowest BCUT2D eigenvalue weighted by molar-refractivity contribution is 0.621. The molecule has 0 saturated carbocycles.